The molecule has 0 spiro atoms. The molecule has 1 aromatic carbocycles. The van der Waals surface area contributed by atoms with Crippen LogP contribution in [0.25, 0.3) is 0 Å². The average molecular weight is 345 g/mol. The molecular formula is C18H23N3O2S. The van der Waals surface area contributed by atoms with Gasteiger partial charge in [0, 0.05) is 25.3 Å². The molecule has 2 aromatic rings. The van der Waals surface area contributed by atoms with E-state index < -0.39 is 0 Å². The molecule has 1 aliphatic rings. The summed E-state index contributed by atoms with van der Waals surface area (Å²) >= 11 is 1.36. The Morgan fingerprint density at radius 2 is 2.12 bits per heavy atom. The lowest BCUT2D eigenvalue weighted by Crippen LogP contribution is -2.44. The lowest BCUT2D eigenvalue weighted by molar-refractivity contribution is -0.0704. The molecule has 5 nitrogen and oxygen atoms in total. The van der Waals surface area contributed by atoms with Crippen LogP contribution in [0.1, 0.15) is 34.8 Å². The van der Waals surface area contributed by atoms with Crippen molar-refractivity contribution in [2.45, 2.75) is 39.5 Å². The van der Waals surface area contributed by atoms with Gasteiger partial charge in [-0.2, -0.15) is 0 Å². The highest BCUT2D eigenvalue weighted by Crippen LogP contribution is 2.19. The molecule has 0 aliphatic carbocycles. The first-order valence-corrected chi connectivity index (χ1v) is 9.07. The molecule has 2 atom stereocenters. The van der Waals surface area contributed by atoms with E-state index in [9.17, 15) is 4.79 Å². The number of amides is 1. The van der Waals surface area contributed by atoms with E-state index >= 15 is 0 Å². The summed E-state index contributed by atoms with van der Waals surface area (Å²) in [6.45, 7) is 8.79. The van der Waals surface area contributed by atoms with E-state index in [4.69, 9.17) is 4.74 Å². The minimum Gasteiger partial charge on any atom is -0.373 e. The molecule has 3 rings (SSSR count). The van der Waals surface area contributed by atoms with E-state index in [-0.39, 0.29) is 18.1 Å². The number of carbonyl (C=O) groups is 1. The fourth-order valence-corrected chi connectivity index (χ4v) is 3.82. The summed E-state index contributed by atoms with van der Waals surface area (Å²) in [7, 11) is 0. The number of hydrogen-bond donors (Lipinski definition) is 1. The molecule has 24 heavy (non-hydrogen) atoms. The van der Waals surface area contributed by atoms with Crippen LogP contribution in [-0.2, 0) is 11.3 Å². The van der Waals surface area contributed by atoms with Crippen LogP contribution < -0.4 is 5.32 Å². The van der Waals surface area contributed by atoms with Gasteiger partial charge in [0.05, 0.1) is 23.4 Å². The Morgan fingerprint density at radius 3 is 2.79 bits per heavy atom. The Labute approximate surface area is 146 Å². The third-order valence-electron chi connectivity index (χ3n) is 4.04. The van der Waals surface area contributed by atoms with Gasteiger partial charge in [-0.15, -0.1) is 11.3 Å². The number of nitrogens with one attached hydrogen (secondary N) is 1. The number of ether oxygens (including phenoxy) is 1. The van der Waals surface area contributed by atoms with Gasteiger partial charge in [0.15, 0.2) is 0 Å². The van der Waals surface area contributed by atoms with E-state index in [2.05, 4.69) is 35.1 Å². The molecule has 0 radical (unpaired) electrons. The van der Waals surface area contributed by atoms with Crippen LogP contribution in [-0.4, -0.2) is 41.1 Å². The smallest absolute Gasteiger partial charge is 0.267 e. The highest BCUT2D eigenvalue weighted by molar-refractivity contribution is 7.12. The number of aromatic nitrogens is 1. The van der Waals surface area contributed by atoms with E-state index in [1.807, 2.05) is 25.1 Å². The second-order valence-corrected chi connectivity index (χ2v) is 7.23. The topological polar surface area (TPSA) is 54.5 Å². The zero-order valence-electron chi connectivity index (χ0n) is 14.3. The number of carbonyl (C=O) groups excluding carboxylic acids is 1. The zero-order chi connectivity index (χ0) is 17.1. The molecule has 0 saturated carbocycles. The Kier molecular flexibility index (Phi) is 5.28. The number of aryl methyl sites for hydroxylation is 1. The van der Waals surface area contributed by atoms with Gasteiger partial charge in [-0.05, 0) is 38.5 Å². The Hall–Kier alpha value is -1.76. The number of rotatable bonds is 4. The number of anilines is 1. The maximum Gasteiger partial charge on any atom is 0.267 e. The zero-order valence-corrected chi connectivity index (χ0v) is 15.1. The standard InChI is InChI=1S/C18H23N3O2S/c1-12-8-21(9-13(2)23-12)10-15-5-4-6-16(7-15)20-18(22)17-14(3)19-11-24-17/h4-7,11-13H,8-10H2,1-3H3,(H,20,22)/t12-,13-/m1/s1. The summed E-state index contributed by atoms with van der Waals surface area (Å²) in [6, 6.07) is 8.04. The van der Waals surface area contributed by atoms with E-state index in [0.717, 1.165) is 31.0 Å². The van der Waals surface area contributed by atoms with E-state index in [1.54, 1.807) is 5.51 Å². The van der Waals surface area contributed by atoms with Gasteiger partial charge in [0.25, 0.3) is 5.91 Å². The summed E-state index contributed by atoms with van der Waals surface area (Å²) in [5.41, 5.74) is 4.47. The lowest BCUT2D eigenvalue weighted by Gasteiger charge is -2.35. The van der Waals surface area contributed by atoms with Gasteiger partial charge >= 0.3 is 0 Å². The van der Waals surface area contributed by atoms with Gasteiger partial charge < -0.3 is 10.1 Å². The average Bonchev–Trinajstić information content (AvgIpc) is 2.92. The minimum absolute atomic E-state index is 0.0965. The maximum atomic E-state index is 12.3. The van der Waals surface area contributed by atoms with Crippen molar-refractivity contribution >= 4 is 22.9 Å². The van der Waals surface area contributed by atoms with Crippen molar-refractivity contribution in [3.63, 3.8) is 0 Å². The normalized spacial score (nSPS) is 21.6. The van der Waals surface area contributed by atoms with Crippen molar-refractivity contribution in [3.05, 3.63) is 45.9 Å². The van der Waals surface area contributed by atoms with Crippen molar-refractivity contribution in [3.8, 4) is 0 Å². The van der Waals surface area contributed by atoms with Gasteiger partial charge in [-0.3, -0.25) is 9.69 Å². The second kappa shape index (κ2) is 7.42. The first kappa shape index (κ1) is 17.1. The van der Waals surface area contributed by atoms with E-state index in [1.165, 1.54) is 16.9 Å². The highest BCUT2D eigenvalue weighted by Gasteiger charge is 2.22. The van der Waals surface area contributed by atoms with Crippen molar-refractivity contribution in [1.29, 1.82) is 0 Å². The van der Waals surface area contributed by atoms with Crippen LogP contribution in [0.5, 0.6) is 0 Å². The monoisotopic (exact) mass is 345 g/mol. The van der Waals surface area contributed by atoms with Gasteiger partial charge in [-0.25, -0.2) is 4.98 Å². The summed E-state index contributed by atoms with van der Waals surface area (Å²) < 4.78 is 5.78. The van der Waals surface area contributed by atoms with Gasteiger partial charge in [-0.1, -0.05) is 12.1 Å². The molecule has 1 fully saturated rings. The minimum atomic E-state index is -0.0965. The molecule has 1 amide bonds. The van der Waals surface area contributed by atoms with Crippen LogP contribution in [0.4, 0.5) is 5.69 Å². The number of morpholine rings is 1. The number of nitrogens with zero attached hydrogens (tertiary/aromatic N) is 2. The second-order valence-electron chi connectivity index (χ2n) is 6.37. The Morgan fingerprint density at radius 1 is 1.38 bits per heavy atom. The quantitative estimate of drug-likeness (QED) is 0.924. The fourth-order valence-electron chi connectivity index (χ4n) is 3.13. The SMILES string of the molecule is Cc1ncsc1C(=O)Nc1cccc(CN2C[C@@H](C)O[C@H](C)C2)c1. The molecule has 1 saturated heterocycles. The Bertz CT molecular complexity index is 706. The van der Waals surface area contributed by atoms with Crippen molar-refractivity contribution < 1.29 is 9.53 Å². The van der Waals surface area contributed by atoms with Crippen LogP contribution in [0, 0.1) is 6.92 Å². The molecule has 1 aliphatic heterocycles. The highest BCUT2D eigenvalue weighted by atomic mass is 32.1. The molecule has 6 heteroatoms. The Balaban J connectivity index is 1.66. The number of benzene rings is 1. The van der Waals surface area contributed by atoms with Crippen LogP contribution in [0.2, 0.25) is 0 Å². The third-order valence-corrected chi connectivity index (χ3v) is 4.97. The molecule has 0 bridgehead atoms. The molecule has 0 unspecified atom stereocenters. The van der Waals surface area contributed by atoms with Crippen molar-refractivity contribution in [2.75, 3.05) is 18.4 Å². The predicted molar refractivity (Wildman–Crippen MR) is 96.5 cm³/mol. The van der Waals surface area contributed by atoms with Crippen molar-refractivity contribution in [1.82, 2.24) is 9.88 Å². The maximum absolute atomic E-state index is 12.3. The first-order valence-electron chi connectivity index (χ1n) is 8.19. The van der Waals surface area contributed by atoms with Crippen LogP contribution >= 0.6 is 11.3 Å². The summed E-state index contributed by atoms with van der Waals surface area (Å²) in [4.78, 5) is 19.5. The van der Waals surface area contributed by atoms with Crippen molar-refractivity contribution in [2.24, 2.45) is 0 Å². The molecule has 128 valence electrons. The number of hydrogen-bond acceptors (Lipinski definition) is 5. The largest absolute Gasteiger partial charge is 0.373 e. The molecule has 2 heterocycles. The van der Waals surface area contributed by atoms with E-state index in [0.29, 0.717) is 4.88 Å². The number of thiazole rings is 1. The fraction of sp³-hybridized carbons (Fsp3) is 0.444. The lowest BCUT2D eigenvalue weighted by atomic mass is 10.1. The predicted octanol–water partition coefficient (Wildman–Crippen LogP) is 3.31. The van der Waals surface area contributed by atoms with Crippen LogP contribution in [0.15, 0.2) is 29.8 Å². The summed E-state index contributed by atoms with van der Waals surface area (Å²) in [6.07, 6.45) is 0.511. The van der Waals surface area contributed by atoms with Gasteiger partial charge in [0.1, 0.15) is 4.88 Å². The molecule has 1 aromatic heterocycles. The summed E-state index contributed by atoms with van der Waals surface area (Å²) in [5.74, 6) is -0.0965. The third kappa shape index (κ3) is 4.20. The van der Waals surface area contributed by atoms with Crippen LogP contribution in [0.3, 0.4) is 0 Å². The summed E-state index contributed by atoms with van der Waals surface area (Å²) in [5, 5.41) is 2.97. The molecular weight excluding hydrogens is 322 g/mol. The van der Waals surface area contributed by atoms with Gasteiger partial charge in [0.2, 0.25) is 0 Å². The molecule has 1 N–H and O–H groups in total. The first-order chi connectivity index (χ1) is 11.5.